The van der Waals surface area contributed by atoms with Gasteiger partial charge in [0, 0.05) is 5.56 Å². The average molecular weight is 455 g/mol. The van der Waals surface area contributed by atoms with Gasteiger partial charge < -0.3 is 4.74 Å². The third kappa shape index (κ3) is 3.82. The summed E-state index contributed by atoms with van der Waals surface area (Å²) >= 11 is 0. The Morgan fingerprint density at radius 2 is 1.81 bits per heavy atom. The van der Waals surface area contributed by atoms with Gasteiger partial charge in [-0.15, -0.1) is 5.10 Å². The number of hydrogen-bond acceptors (Lipinski definition) is 6. The van der Waals surface area contributed by atoms with Crippen LogP contribution in [0.5, 0.6) is 0 Å². The number of rotatable bonds is 5. The fraction of sp³-hybridized carbons (Fsp3) is 0.348. The van der Waals surface area contributed by atoms with Crippen molar-refractivity contribution in [3.05, 3.63) is 65.4 Å². The lowest BCUT2D eigenvalue weighted by atomic mass is 10.0. The third-order valence-electron chi connectivity index (χ3n) is 5.68. The van der Waals surface area contributed by atoms with E-state index in [-0.39, 0.29) is 17.4 Å². The summed E-state index contributed by atoms with van der Waals surface area (Å²) in [7, 11) is -2.74. The first-order valence-corrected chi connectivity index (χ1v) is 11.8. The van der Waals surface area contributed by atoms with E-state index >= 15 is 0 Å². The molecule has 0 spiro atoms. The maximum absolute atomic E-state index is 13.7. The number of hydrogen-bond donors (Lipinski definition) is 0. The van der Waals surface area contributed by atoms with Crippen molar-refractivity contribution in [2.45, 2.75) is 44.8 Å². The Hall–Kier alpha value is -3.04. The smallest absolute Gasteiger partial charge is 0.324 e. The number of aryl methyl sites for hydroxylation is 1. The lowest BCUT2D eigenvalue weighted by molar-refractivity contribution is -0.146. The van der Waals surface area contributed by atoms with Gasteiger partial charge in [-0.05, 0) is 24.5 Å². The second-order valence-corrected chi connectivity index (χ2v) is 10.1. The Kier molecular flexibility index (Phi) is 5.87. The molecule has 4 rings (SSSR count). The molecule has 2 heterocycles. The second-order valence-electron chi connectivity index (χ2n) is 8.29. The largest absolute Gasteiger partial charge is 0.468 e. The van der Waals surface area contributed by atoms with Gasteiger partial charge in [0.05, 0.1) is 30.8 Å². The van der Waals surface area contributed by atoms with E-state index in [1.54, 1.807) is 42.8 Å². The molecule has 0 bridgehead atoms. The summed E-state index contributed by atoms with van der Waals surface area (Å²) < 4.78 is 35.3. The summed E-state index contributed by atoms with van der Waals surface area (Å²) in [5, 5.41) is 8.66. The molecule has 0 N–H and O–H groups in total. The van der Waals surface area contributed by atoms with Crippen LogP contribution in [0.2, 0.25) is 0 Å². The molecule has 0 fully saturated rings. The Balaban J connectivity index is 1.88. The second kappa shape index (κ2) is 8.48. The van der Waals surface area contributed by atoms with Crippen molar-refractivity contribution in [1.82, 2.24) is 19.3 Å². The zero-order valence-electron chi connectivity index (χ0n) is 18.5. The van der Waals surface area contributed by atoms with Gasteiger partial charge in [0.25, 0.3) is 0 Å². The maximum Gasteiger partial charge on any atom is 0.324 e. The zero-order valence-corrected chi connectivity index (χ0v) is 19.3. The third-order valence-corrected chi connectivity index (χ3v) is 7.56. The van der Waals surface area contributed by atoms with E-state index in [0.29, 0.717) is 23.5 Å². The lowest BCUT2D eigenvalue weighted by Crippen LogP contribution is -2.47. The van der Waals surface area contributed by atoms with Gasteiger partial charge in [-0.3, -0.25) is 4.79 Å². The number of carbonyl (C=O) groups is 1. The normalized spacial score (nSPS) is 16.2. The fourth-order valence-electron chi connectivity index (χ4n) is 4.06. The first-order chi connectivity index (χ1) is 15.2. The Bertz CT molecular complexity index is 1250. The molecular formula is C23H26N4O4S. The Morgan fingerprint density at radius 3 is 2.47 bits per heavy atom. The van der Waals surface area contributed by atoms with E-state index in [9.17, 15) is 13.2 Å². The number of benzene rings is 2. The van der Waals surface area contributed by atoms with Crippen LogP contribution in [0.1, 0.15) is 30.7 Å². The molecule has 0 aliphatic carbocycles. The number of nitrogens with zero attached hydrogens (tertiary/aromatic N) is 4. The fourth-order valence-corrected chi connectivity index (χ4v) is 5.93. The minimum atomic E-state index is -4.00. The molecule has 1 atom stereocenters. The van der Waals surface area contributed by atoms with Gasteiger partial charge in [-0.25, -0.2) is 13.1 Å². The van der Waals surface area contributed by atoms with Crippen LogP contribution in [0.25, 0.3) is 11.3 Å². The van der Waals surface area contributed by atoms with Crippen LogP contribution >= 0.6 is 0 Å². The number of fused-ring (bicyclic) bond motifs is 3. The number of ether oxygens (including phenoxy) is 1. The maximum atomic E-state index is 13.7. The molecule has 8 nitrogen and oxygen atoms in total. The van der Waals surface area contributed by atoms with Crippen LogP contribution in [0.15, 0.2) is 53.4 Å². The van der Waals surface area contributed by atoms with Crippen molar-refractivity contribution in [1.29, 1.82) is 0 Å². The van der Waals surface area contributed by atoms with E-state index in [2.05, 4.69) is 10.3 Å². The first-order valence-electron chi connectivity index (χ1n) is 10.4. The molecule has 168 valence electrons. The van der Waals surface area contributed by atoms with Crippen molar-refractivity contribution in [2.75, 3.05) is 7.11 Å². The number of esters is 1. The Labute approximate surface area is 187 Å². The first kappa shape index (κ1) is 22.2. The van der Waals surface area contributed by atoms with E-state index in [4.69, 9.17) is 4.74 Å². The highest BCUT2D eigenvalue weighted by molar-refractivity contribution is 7.89. The monoisotopic (exact) mass is 454 g/mol. The predicted octanol–water partition coefficient (Wildman–Crippen LogP) is 3.00. The standard InChI is InChI=1S/C23H26N4O4S/c1-15(2)21(23(28)31-4)27-14-19-22(18-7-5-6-8-20(18)32(27,29)30)26(25-24-19)13-17-11-9-16(3)10-12-17/h5-12,15,21H,13-14H2,1-4H3/t21-/m0/s1. The van der Waals surface area contributed by atoms with Crippen molar-refractivity contribution < 1.29 is 17.9 Å². The van der Waals surface area contributed by atoms with Gasteiger partial charge in [0.15, 0.2) is 0 Å². The van der Waals surface area contributed by atoms with E-state index in [1.165, 1.54) is 11.4 Å². The summed E-state index contributed by atoms with van der Waals surface area (Å²) in [6, 6.07) is 13.9. The summed E-state index contributed by atoms with van der Waals surface area (Å²) in [6.45, 7) is 5.99. The van der Waals surface area contributed by atoms with Crippen molar-refractivity contribution in [2.24, 2.45) is 5.92 Å². The highest BCUT2D eigenvalue weighted by Gasteiger charge is 2.43. The van der Waals surface area contributed by atoms with Gasteiger partial charge in [-0.1, -0.05) is 67.1 Å². The van der Waals surface area contributed by atoms with Gasteiger partial charge >= 0.3 is 5.97 Å². The molecule has 9 heteroatoms. The van der Waals surface area contributed by atoms with Crippen LogP contribution < -0.4 is 0 Å². The SMILES string of the molecule is COC(=O)[C@H](C(C)C)N1Cc2nnn(Cc3ccc(C)cc3)c2-c2ccccc2S1(=O)=O. The molecule has 0 radical (unpaired) electrons. The molecule has 0 unspecified atom stereocenters. The highest BCUT2D eigenvalue weighted by Crippen LogP contribution is 2.38. The number of sulfonamides is 1. The van der Waals surface area contributed by atoms with Crippen LogP contribution in [0.3, 0.4) is 0 Å². The molecule has 3 aromatic rings. The zero-order chi connectivity index (χ0) is 23.0. The van der Waals surface area contributed by atoms with Crippen molar-refractivity contribution >= 4 is 16.0 Å². The predicted molar refractivity (Wildman–Crippen MR) is 119 cm³/mol. The van der Waals surface area contributed by atoms with Crippen molar-refractivity contribution in [3.63, 3.8) is 0 Å². The average Bonchev–Trinajstić information content (AvgIpc) is 3.12. The minimum Gasteiger partial charge on any atom is -0.468 e. The molecule has 1 aliphatic heterocycles. The number of aromatic nitrogens is 3. The molecule has 0 amide bonds. The van der Waals surface area contributed by atoms with E-state index in [1.807, 2.05) is 31.2 Å². The summed E-state index contributed by atoms with van der Waals surface area (Å²) in [4.78, 5) is 12.7. The molecule has 1 aromatic heterocycles. The summed E-state index contributed by atoms with van der Waals surface area (Å²) in [6.07, 6.45) is 0. The van der Waals surface area contributed by atoms with Crippen LogP contribution in [0.4, 0.5) is 0 Å². The summed E-state index contributed by atoms with van der Waals surface area (Å²) in [5.74, 6) is -0.898. The molecule has 0 saturated heterocycles. The minimum absolute atomic E-state index is 0.0712. The molecular weight excluding hydrogens is 428 g/mol. The van der Waals surface area contributed by atoms with Crippen LogP contribution in [-0.2, 0) is 32.6 Å². The van der Waals surface area contributed by atoms with E-state index in [0.717, 1.165) is 11.1 Å². The molecule has 2 aromatic carbocycles. The topological polar surface area (TPSA) is 94.4 Å². The number of carbonyl (C=O) groups excluding carboxylic acids is 1. The molecule has 32 heavy (non-hydrogen) atoms. The molecule has 1 aliphatic rings. The van der Waals surface area contributed by atoms with Gasteiger partial charge in [-0.2, -0.15) is 4.31 Å². The molecule has 0 saturated carbocycles. The Morgan fingerprint density at radius 1 is 1.12 bits per heavy atom. The highest BCUT2D eigenvalue weighted by atomic mass is 32.2. The van der Waals surface area contributed by atoms with E-state index < -0.39 is 22.0 Å². The quantitative estimate of drug-likeness (QED) is 0.550. The van der Waals surface area contributed by atoms with Crippen LogP contribution in [0, 0.1) is 12.8 Å². The van der Waals surface area contributed by atoms with Crippen LogP contribution in [-0.4, -0.2) is 46.8 Å². The summed E-state index contributed by atoms with van der Waals surface area (Å²) in [5.41, 5.74) is 3.84. The van der Waals surface area contributed by atoms with Gasteiger partial charge in [0.2, 0.25) is 10.0 Å². The lowest BCUT2D eigenvalue weighted by Gasteiger charge is -2.30. The van der Waals surface area contributed by atoms with Crippen molar-refractivity contribution in [3.8, 4) is 11.3 Å². The number of methoxy groups -OCH3 is 1. The van der Waals surface area contributed by atoms with Gasteiger partial charge in [0.1, 0.15) is 11.7 Å².